The molecule has 166 valence electrons. The minimum Gasteiger partial charge on any atom is -0.462 e. The molecule has 0 radical (unpaired) electrons. The lowest BCUT2D eigenvalue weighted by Gasteiger charge is -2.33. The van der Waals surface area contributed by atoms with Crippen LogP contribution in [0.2, 0.25) is 0 Å². The number of rotatable bonds is 7. The highest BCUT2D eigenvalue weighted by molar-refractivity contribution is 5.97. The van der Waals surface area contributed by atoms with E-state index in [0.717, 1.165) is 6.07 Å². The Morgan fingerprint density at radius 3 is 2.91 bits per heavy atom. The monoisotopic (exact) mass is 444 g/mol. The summed E-state index contributed by atoms with van der Waals surface area (Å²) >= 11 is 0. The molecule has 4 rings (SSSR count). The van der Waals surface area contributed by atoms with Crippen LogP contribution in [-0.4, -0.2) is 36.4 Å². The first kappa shape index (κ1) is 21.8. The second-order valence-electron chi connectivity index (χ2n) is 7.77. The van der Waals surface area contributed by atoms with Crippen LogP contribution in [0.25, 0.3) is 0 Å². The van der Waals surface area contributed by atoms with Gasteiger partial charge in [0.15, 0.2) is 11.3 Å². The van der Waals surface area contributed by atoms with Gasteiger partial charge in [-0.1, -0.05) is 6.07 Å². The average molecular weight is 444 g/mol. The third-order valence-electron chi connectivity index (χ3n) is 5.68. The van der Waals surface area contributed by atoms with Crippen molar-refractivity contribution in [2.24, 2.45) is 16.6 Å². The number of halogens is 3. The van der Waals surface area contributed by atoms with E-state index in [9.17, 15) is 18.0 Å². The second-order valence-corrected chi connectivity index (χ2v) is 7.77. The van der Waals surface area contributed by atoms with Crippen molar-refractivity contribution in [3.8, 4) is 6.07 Å². The smallest absolute Gasteiger partial charge is 0.283 e. The molecular weight excluding hydrogens is 425 g/mol. The van der Waals surface area contributed by atoms with Gasteiger partial charge in [-0.15, -0.1) is 0 Å². The number of aliphatic imine (C=N–C) groups is 1. The molecule has 0 bridgehead atoms. The first-order valence-electron chi connectivity index (χ1n) is 9.80. The number of benzene rings is 1. The van der Waals surface area contributed by atoms with Gasteiger partial charge in [0.25, 0.3) is 12.4 Å². The summed E-state index contributed by atoms with van der Waals surface area (Å²) in [5.41, 5.74) is 4.21. The number of alkyl halides is 2. The highest BCUT2D eigenvalue weighted by Crippen LogP contribution is 2.56. The number of fused-ring (bicyclic) bond motifs is 1. The molecular formula is C22H19F3N4O3. The van der Waals surface area contributed by atoms with Gasteiger partial charge in [0, 0.05) is 36.8 Å². The molecule has 0 unspecified atom stereocenters. The highest BCUT2D eigenvalue weighted by Gasteiger charge is 2.64. The lowest BCUT2D eigenvalue weighted by molar-refractivity contribution is 0.0176. The number of carbonyl (C=O) groups is 1. The van der Waals surface area contributed by atoms with Crippen molar-refractivity contribution in [1.82, 2.24) is 4.98 Å². The molecule has 1 aliphatic heterocycles. The van der Waals surface area contributed by atoms with E-state index in [1.165, 1.54) is 31.5 Å². The summed E-state index contributed by atoms with van der Waals surface area (Å²) in [6.07, 6.45) is -2.22. The number of nitrogens with two attached hydrogens (primary N) is 1. The van der Waals surface area contributed by atoms with E-state index in [1.807, 2.05) is 6.07 Å². The van der Waals surface area contributed by atoms with Crippen molar-refractivity contribution >= 4 is 11.8 Å². The maximum atomic E-state index is 14.8. The average Bonchev–Trinajstić information content (AvgIpc) is 3.54. The van der Waals surface area contributed by atoms with Gasteiger partial charge in [0.2, 0.25) is 0 Å². The van der Waals surface area contributed by atoms with E-state index in [-0.39, 0.29) is 36.3 Å². The number of hydrogen-bond acceptors (Lipinski definition) is 7. The summed E-state index contributed by atoms with van der Waals surface area (Å²) in [5, 5.41) is 9.05. The van der Waals surface area contributed by atoms with Crippen molar-refractivity contribution in [3.05, 3.63) is 64.2 Å². The maximum Gasteiger partial charge on any atom is 0.283 e. The molecule has 0 saturated heterocycles. The van der Waals surface area contributed by atoms with Crippen LogP contribution < -0.4 is 5.73 Å². The van der Waals surface area contributed by atoms with Gasteiger partial charge in [0.1, 0.15) is 23.7 Å². The number of aromatic nitrogens is 1. The van der Waals surface area contributed by atoms with Gasteiger partial charge < -0.3 is 15.2 Å². The van der Waals surface area contributed by atoms with E-state index < -0.39 is 41.6 Å². The molecule has 1 fully saturated rings. The topological polar surface area (TPSA) is 111 Å². The van der Waals surface area contributed by atoms with Crippen LogP contribution >= 0.6 is 0 Å². The number of methoxy groups -OCH3 is 1. The minimum absolute atomic E-state index is 0.0593. The summed E-state index contributed by atoms with van der Waals surface area (Å²) < 4.78 is 53.6. The van der Waals surface area contributed by atoms with Crippen LogP contribution in [0.4, 0.5) is 13.2 Å². The van der Waals surface area contributed by atoms with Gasteiger partial charge >= 0.3 is 0 Å². The summed E-state index contributed by atoms with van der Waals surface area (Å²) in [5.74, 6) is -1.99. The Hall–Kier alpha value is -3.45. The molecule has 1 aromatic heterocycles. The van der Waals surface area contributed by atoms with Crippen LogP contribution in [0.3, 0.4) is 0 Å². The summed E-state index contributed by atoms with van der Waals surface area (Å²) in [6, 6.07) is 6.67. The fourth-order valence-corrected chi connectivity index (χ4v) is 4.15. The molecule has 7 nitrogen and oxygen atoms in total. The van der Waals surface area contributed by atoms with Crippen molar-refractivity contribution < 1.29 is 27.4 Å². The highest BCUT2D eigenvalue weighted by atomic mass is 19.3. The van der Waals surface area contributed by atoms with Crippen molar-refractivity contribution in [2.75, 3.05) is 7.11 Å². The van der Waals surface area contributed by atoms with E-state index in [4.69, 9.17) is 20.5 Å². The summed E-state index contributed by atoms with van der Waals surface area (Å²) in [6.45, 7) is 0.0593. The molecule has 3 atom stereocenters. The quantitative estimate of drug-likeness (QED) is 0.658. The SMILES string of the molecule is COCc1cc(C#N)cnc1C(=O)Cc1ccc(F)c([C@@]2(C(F)F)N=C(N)O[C@@H]3C[C@@H]32)c1. The molecule has 2 aliphatic rings. The van der Waals surface area contributed by atoms with Gasteiger partial charge in [-0.25, -0.2) is 18.2 Å². The Morgan fingerprint density at radius 2 is 2.22 bits per heavy atom. The van der Waals surface area contributed by atoms with Gasteiger partial charge in [-0.05, 0) is 30.2 Å². The standard InChI is InChI=1S/C22H19F3N4O3/c1-31-10-13-4-12(8-26)9-28-19(13)17(30)6-11-2-3-16(23)14(5-11)22(20(24)25)15-7-18(15)32-21(27)29-22/h2-5,9,15,18,20H,6-7,10H2,1H3,(H2,27,29)/t15-,18+,22+/m0/s1. The van der Waals surface area contributed by atoms with Crippen LogP contribution in [-0.2, 0) is 28.0 Å². The van der Waals surface area contributed by atoms with Gasteiger partial charge in [-0.3, -0.25) is 9.78 Å². The number of ketones is 1. The minimum atomic E-state index is -3.02. The maximum absolute atomic E-state index is 14.8. The molecule has 1 aliphatic carbocycles. The zero-order chi connectivity index (χ0) is 23.0. The zero-order valence-corrected chi connectivity index (χ0v) is 17.0. The lowest BCUT2D eigenvalue weighted by atomic mass is 9.83. The Balaban J connectivity index is 1.69. The zero-order valence-electron chi connectivity index (χ0n) is 17.0. The molecule has 1 saturated carbocycles. The number of nitrogens with zero attached hydrogens (tertiary/aromatic N) is 3. The first-order valence-corrected chi connectivity index (χ1v) is 9.80. The number of hydrogen-bond donors (Lipinski definition) is 1. The Labute approximate surface area is 181 Å². The second kappa shape index (κ2) is 8.24. The number of amidine groups is 1. The Bertz CT molecular complexity index is 1150. The number of ether oxygens (including phenoxy) is 2. The number of nitriles is 1. The summed E-state index contributed by atoms with van der Waals surface area (Å²) in [4.78, 5) is 20.8. The third kappa shape index (κ3) is 3.69. The largest absolute Gasteiger partial charge is 0.462 e. The predicted octanol–water partition coefficient (Wildman–Crippen LogP) is 2.86. The van der Waals surface area contributed by atoms with Crippen molar-refractivity contribution in [1.29, 1.82) is 5.26 Å². The third-order valence-corrected chi connectivity index (χ3v) is 5.68. The van der Waals surface area contributed by atoms with E-state index in [0.29, 0.717) is 11.1 Å². The molecule has 2 N–H and O–H groups in total. The number of pyridine rings is 1. The van der Waals surface area contributed by atoms with Crippen LogP contribution in [0.5, 0.6) is 0 Å². The van der Waals surface area contributed by atoms with Crippen LogP contribution in [0, 0.1) is 23.1 Å². The number of carbonyl (C=O) groups excluding carboxylic acids is 1. The van der Waals surface area contributed by atoms with E-state index >= 15 is 0 Å². The van der Waals surface area contributed by atoms with Crippen molar-refractivity contribution in [3.63, 3.8) is 0 Å². The van der Waals surface area contributed by atoms with Crippen LogP contribution in [0.15, 0.2) is 35.5 Å². The number of Topliss-reactive ketones (excluding diaryl/α,β-unsaturated/α-hetero) is 1. The van der Waals surface area contributed by atoms with Crippen LogP contribution in [0.1, 0.15) is 39.2 Å². The molecule has 32 heavy (non-hydrogen) atoms. The van der Waals surface area contributed by atoms with Crippen molar-refractivity contribution in [2.45, 2.75) is 37.5 Å². The molecule has 10 heteroatoms. The summed E-state index contributed by atoms with van der Waals surface area (Å²) in [7, 11) is 1.44. The molecule has 0 spiro atoms. The van der Waals surface area contributed by atoms with Gasteiger partial charge in [0.05, 0.1) is 12.2 Å². The lowest BCUT2D eigenvalue weighted by Crippen LogP contribution is -2.43. The molecule has 0 amide bonds. The van der Waals surface area contributed by atoms with E-state index in [1.54, 1.807) is 0 Å². The fraction of sp³-hybridized carbons (Fsp3) is 0.364. The fourth-order valence-electron chi connectivity index (χ4n) is 4.15. The molecule has 2 heterocycles. The molecule has 2 aromatic rings. The Kier molecular flexibility index (Phi) is 5.60. The Morgan fingerprint density at radius 1 is 1.44 bits per heavy atom. The first-order chi connectivity index (χ1) is 15.3. The van der Waals surface area contributed by atoms with E-state index in [2.05, 4.69) is 9.98 Å². The van der Waals surface area contributed by atoms with Gasteiger partial charge in [-0.2, -0.15) is 5.26 Å². The normalized spacial score (nSPS) is 23.7. The predicted molar refractivity (Wildman–Crippen MR) is 106 cm³/mol. The molecule has 1 aromatic carbocycles.